The van der Waals surface area contributed by atoms with Gasteiger partial charge >= 0.3 is 0 Å². The number of aromatic nitrogens is 5. The minimum Gasteiger partial charge on any atom is -0.350 e. The van der Waals surface area contributed by atoms with Crippen molar-refractivity contribution in [3.63, 3.8) is 0 Å². The Morgan fingerprint density at radius 3 is 2.37 bits per heavy atom. The molecule has 3 rings (SSSR count). The van der Waals surface area contributed by atoms with Gasteiger partial charge in [-0.1, -0.05) is 30.3 Å². The van der Waals surface area contributed by atoms with Crippen molar-refractivity contribution >= 4 is 29.9 Å². The fourth-order valence-corrected chi connectivity index (χ4v) is 3.15. The van der Waals surface area contributed by atoms with E-state index in [4.69, 9.17) is 4.99 Å². The van der Waals surface area contributed by atoms with Crippen LogP contribution in [-0.4, -0.2) is 30.5 Å². The third-order valence-electron chi connectivity index (χ3n) is 5.30. The molecule has 2 aromatic heterocycles. The lowest BCUT2D eigenvalue weighted by Gasteiger charge is -2.18. The molecule has 30 heavy (non-hydrogen) atoms. The molecule has 0 bridgehead atoms. The van der Waals surface area contributed by atoms with E-state index in [1.165, 1.54) is 5.56 Å². The van der Waals surface area contributed by atoms with Crippen LogP contribution in [0.25, 0.3) is 0 Å². The largest absolute Gasteiger partial charge is 0.350 e. The Bertz CT molecular complexity index is 990. The molecule has 0 spiro atoms. The van der Waals surface area contributed by atoms with Crippen LogP contribution in [0.5, 0.6) is 0 Å². The summed E-state index contributed by atoms with van der Waals surface area (Å²) in [5, 5.41) is 19.7. The number of aryl methyl sites for hydroxylation is 3. The maximum atomic E-state index is 4.83. The predicted molar refractivity (Wildman–Crippen MR) is 130 cm³/mol. The first kappa shape index (κ1) is 23.8. The molecule has 0 aliphatic rings. The van der Waals surface area contributed by atoms with Gasteiger partial charge in [0.25, 0.3) is 0 Å². The second-order valence-corrected chi connectivity index (χ2v) is 7.29. The van der Waals surface area contributed by atoms with E-state index >= 15 is 0 Å². The summed E-state index contributed by atoms with van der Waals surface area (Å²) in [6.45, 7) is 9.25. The third kappa shape index (κ3) is 5.59. The van der Waals surface area contributed by atoms with Crippen LogP contribution in [0.4, 0.5) is 0 Å². The summed E-state index contributed by atoms with van der Waals surface area (Å²) in [7, 11) is 3.92. The molecule has 1 atom stereocenters. The van der Waals surface area contributed by atoms with Crippen molar-refractivity contribution in [2.75, 3.05) is 0 Å². The Kier molecular flexibility index (Phi) is 8.39. The molecule has 2 heterocycles. The topological polar surface area (TPSA) is 85.0 Å². The van der Waals surface area contributed by atoms with Gasteiger partial charge in [0, 0.05) is 25.4 Å². The zero-order valence-corrected chi connectivity index (χ0v) is 20.8. The van der Waals surface area contributed by atoms with Crippen LogP contribution in [0.2, 0.25) is 0 Å². The van der Waals surface area contributed by atoms with Crippen molar-refractivity contribution in [2.45, 2.75) is 46.8 Å². The highest BCUT2D eigenvalue weighted by molar-refractivity contribution is 14.0. The van der Waals surface area contributed by atoms with E-state index in [1.807, 2.05) is 55.4 Å². The van der Waals surface area contributed by atoms with Gasteiger partial charge in [-0.15, -0.1) is 34.2 Å². The molecule has 0 fully saturated rings. The van der Waals surface area contributed by atoms with E-state index in [1.54, 1.807) is 0 Å². The average molecular weight is 522 g/mol. The molecule has 0 amide bonds. The summed E-state index contributed by atoms with van der Waals surface area (Å²) in [6.07, 6.45) is 0. The van der Waals surface area contributed by atoms with Gasteiger partial charge in [-0.3, -0.25) is 4.68 Å². The van der Waals surface area contributed by atoms with Crippen molar-refractivity contribution < 1.29 is 0 Å². The number of halogens is 1. The quantitative estimate of drug-likeness (QED) is 0.295. The number of nitrogens with zero attached hydrogens (tertiary/aromatic N) is 6. The predicted octanol–water partition coefficient (Wildman–Crippen LogP) is 3.09. The molecule has 0 saturated heterocycles. The monoisotopic (exact) mass is 522 g/mol. The van der Waals surface area contributed by atoms with E-state index in [9.17, 15) is 0 Å². The molecular formula is C21H31IN8. The highest BCUT2D eigenvalue weighted by Crippen LogP contribution is 2.14. The first-order valence-corrected chi connectivity index (χ1v) is 9.80. The number of benzene rings is 1. The minimum atomic E-state index is 0. The van der Waals surface area contributed by atoms with Crippen molar-refractivity contribution in [1.82, 2.24) is 35.2 Å². The number of nitrogens with one attached hydrogen (secondary N) is 2. The standard InChI is InChI=1S/C21H30N8.HI/c1-14(18-10-8-7-9-11-18)24-21(23-13-20-26-25-17(4)28(20)5)22-12-19-15(2)27-29(6)16(19)3;/h7-11,14H,12-13H2,1-6H3,(H2,22,23,24);1H. The van der Waals surface area contributed by atoms with Crippen LogP contribution >= 0.6 is 24.0 Å². The van der Waals surface area contributed by atoms with E-state index in [0.29, 0.717) is 13.1 Å². The fourth-order valence-electron chi connectivity index (χ4n) is 3.15. The Morgan fingerprint density at radius 2 is 1.80 bits per heavy atom. The minimum absolute atomic E-state index is 0. The summed E-state index contributed by atoms with van der Waals surface area (Å²) in [5.74, 6) is 2.47. The van der Waals surface area contributed by atoms with Crippen LogP contribution in [0.15, 0.2) is 35.3 Å². The molecule has 0 aliphatic heterocycles. The lowest BCUT2D eigenvalue weighted by atomic mass is 10.1. The summed E-state index contributed by atoms with van der Waals surface area (Å²) in [4.78, 5) is 4.83. The second-order valence-electron chi connectivity index (χ2n) is 7.29. The van der Waals surface area contributed by atoms with E-state index in [0.717, 1.165) is 34.6 Å². The van der Waals surface area contributed by atoms with Crippen LogP contribution in [0.3, 0.4) is 0 Å². The van der Waals surface area contributed by atoms with Crippen LogP contribution in [0, 0.1) is 20.8 Å². The molecule has 1 unspecified atom stereocenters. The Morgan fingerprint density at radius 1 is 1.10 bits per heavy atom. The molecule has 1 aromatic carbocycles. The summed E-state index contributed by atoms with van der Waals surface area (Å²) in [5.41, 5.74) is 4.49. The first-order chi connectivity index (χ1) is 13.9. The molecule has 0 saturated carbocycles. The van der Waals surface area contributed by atoms with Crippen molar-refractivity contribution in [2.24, 2.45) is 19.1 Å². The molecule has 162 valence electrons. The first-order valence-electron chi connectivity index (χ1n) is 9.80. The molecule has 2 N–H and O–H groups in total. The van der Waals surface area contributed by atoms with Gasteiger partial charge in [-0.2, -0.15) is 5.10 Å². The maximum Gasteiger partial charge on any atom is 0.192 e. The summed E-state index contributed by atoms with van der Waals surface area (Å²) in [6, 6.07) is 10.4. The highest BCUT2D eigenvalue weighted by atomic mass is 127. The van der Waals surface area contributed by atoms with Gasteiger partial charge < -0.3 is 15.2 Å². The van der Waals surface area contributed by atoms with Crippen LogP contribution < -0.4 is 10.6 Å². The molecule has 3 aromatic rings. The van der Waals surface area contributed by atoms with E-state index < -0.39 is 0 Å². The SMILES string of the molecule is Cc1nn(C)c(C)c1CN=C(NCc1nnc(C)n1C)NC(C)c1ccccc1.I. The highest BCUT2D eigenvalue weighted by Gasteiger charge is 2.12. The average Bonchev–Trinajstić information content (AvgIpc) is 3.16. The smallest absolute Gasteiger partial charge is 0.192 e. The number of hydrogen-bond donors (Lipinski definition) is 2. The molecule has 8 nitrogen and oxygen atoms in total. The Balaban J connectivity index is 0.00000320. The van der Waals surface area contributed by atoms with Gasteiger partial charge in [0.15, 0.2) is 11.8 Å². The molecule has 0 aliphatic carbocycles. The van der Waals surface area contributed by atoms with Gasteiger partial charge in [0.1, 0.15) is 5.82 Å². The van der Waals surface area contributed by atoms with Gasteiger partial charge in [0.05, 0.1) is 24.8 Å². The maximum absolute atomic E-state index is 4.83. The second kappa shape index (κ2) is 10.6. The number of guanidine groups is 1. The number of hydrogen-bond acceptors (Lipinski definition) is 4. The molecule has 0 radical (unpaired) electrons. The lowest BCUT2D eigenvalue weighted by Crippen LogP contribution is -2.39. The van der Waals surface area contributed by atoms with Crippen molar-refractivity contribution in [3.05, 3.63) is 64.5 Å². The normalized spacial score (nSPS) is 12.4. The summed E-state index contributed by atoms with van der Waals surface area (Å²) >= 11 is 0. The van der Waals surface area contributed by atoms with E-state index in [-0.39, 0.29) is 30.0 Å². The Hall–Kier alpha value is -2.43. The zero-order chi connectivity index (χ0) is 21.0. The van der Waals surface area contributed by atoms with E-state index in [2.05, 4.69) is 51.9 Å². The number of rotatable bonds is 6. The third-order valence-corrected chi connectivity index (χ3v) is 5.30. The van der Waals surface area contributed by atoms with Crippen LogP contribution in [0.1, 0.15) is 47.1 Å². The number of aliphatic imine (C=N–C) groups is 1. The molecular weight excluding hydrogens is 491 g/mol. The Labute approximate surface area is 195 Å². The fraction of sp³-hybridized carbons (Fsp3) is 0.429. The van der Waals surface area contributed by atoms with Gasteiger partial charge in [0.2, 0.25) is 0 Å². The van der Waals surface area contributed by atoms with Gasteiger partial charge in [-0.25, -0.2) is 4.99 Å². The van der Waals surface area contributed by atoms with Crippen molar-refractivity contribution in [3.8, 4) is 0 Å². The summed E-state index contributed by atoms with van der Waals surface area (Å²) < 4.78 is 3.87. The zero-order valence-electron chi connectivity index (χ0n) is 18.5. The van der Waals surface area contributed by atoms with Gasteiger partial charge in [-0.05, 0) is 33.3 Å². The van der Waals surface area contributed by atoms with Crippen molar-refractivity contribution in [1.29, 1.82) is 0 Å². The molecule has 9 heteroatoms. The van der Waals surface area contributed by atoms with Crippen LogP contribution in [-0.2, 0) is 27.2 Å². The lowest BCUT2D eigenvalue weighted by molar-refractivity contribution is 0.663.